The number of hydrogen-bond donors (Lipinski definition) is 2. The fourth-order valence-electron chi connectivity index (χ4n) is 3.85. The second kappa shape index (κ2) is 11.3. The van der Waals surface area contributed by atoms with Crippen LogP contribution < -0.4 is 20.3 Å². The number of rotatable bonds is 6. The molecule has 1 aromatic heterocycles. The van der Waals surface area contributed by atoms with E-state index in [0.29, 0.717) is 27.1 Å². The molecule has 1 aliphatic heterocycles. The number of ether oxygens (including phenoxy) is 2. The maximum Gasteiger partial charge on any atom is 0.269 e. The lowest BCUT2D eigenvalue weighted by molar-refractivity contribution is -0.122. The largest absolute Gasteiger partial charge is 0.485 e. The number of benzene rings is 3. The van der Waals surface area contributed by atoms with Crippen LogP contribution in [-0.2, 0) is 11.3 Å². The van der Waals surface area contributed by atoms with Gasteiger partial charge in [-0.25, -0.2) is 4.68 Å². The predicted octanol–water partition coefficient (Wildman–Crippen LogP) is 5.07. The molecule has 3 aromatic carbocycles. The summed E-state index contributed by atoms with van der Waals surface area (Å²) in [6.45, 7) is 0.418. The van der Waals surface area contributed by atoms with Crippen LogP contribution >= 0.6 is 35.4 Å². The molecule has 0 saturated heterocycles. The van der Waals surface area contributed by atoms with Crippen molar-refractivity contribution in [3.63, 3.8) is 0 Å². The first-order valence-electron chi connectivity index (χ1n) is 11.6. The number of para-hydroxylation sites is 3. The number of fused-ring (bicyclic) bond motifs is 1. The molecule has 4 aromatic rings. The summed E-state index contributed by atoms with van der Waals surface area (Å²) in [5, 5.41) is 5.25. The van der Waals surface area contributed by atoms with Crippen LogP contribution in [0.1, 0.15) is 28.7 Å². The summed E-state index contributed by atoms with van der Waals surface area (Å²) in [7, 11) is 0. The van der Waals surface area contributed by atoms with E-state index in [1.165, 1.54) is 18.2 Å². The normalized spacial score (nSPS) is 14.1. The SMILES string of the molecule is O=C(CCn1nc(C2COc3ccccc3O2)n(-c2ccccc2)c1=S)NNC(=O)c1ccc(Cl)c(Cl)c1. The molecule has 0 radical (unpaired) electrons. The number of nitrogens with zero attached hydrogens (tertiary/aromatic N) is 3. The van der Waals surface area contributed by atoms with Crippen LogP contribution in [0.15, 0.2) is 72.8 Å². The van der Waals surface area contributed by atoms with E-state index in [2.05, 4.69) is 10.9 Å². The molecule has 1 atom stereocenters. The van der Waals surface area contributed by atoms with Gasteiger partial charge in [0.2, 0.25) is 10.7 Å². The van der Waals surface area contributed by atoms with Crippen LogP contribution in [-0.4, -0.2) is 32.8 Å². The molecular weight excluding hydrogens is 549 g/mol. The highest BCUT2D eigenvalue weighted by Gasteiger charge is 2.29. The van der Waals surface area contributed by atoms with Gasteiger partial charge >= 0.3 is 0 Å². The van der Waals surface area contributed by atoms with E-state index >= 15 is 0 Å². The molecule has 1 aliphatic rings. The van der Waals surface area contributed by atoms with Gasteiger partial charge in [0.15, 0.2) is 23.4 Å². The van der Waals surface area contributed by atoms with Crippen molar-refractivity contribution < 1.29 is 19.1 Å². The van der Waals surface area contributed by atoms with E-state index < -0.39 is 17.9 Å². The van der Waals surface area contributed by atoms with E-state index in [1.807, 2.05) is 54.6 Å². The minimum atomic E-state index is -0.529. The molecule has 0 aliphatic carbocycles. The van der Waals surface area contributed by atoms with Gasteiger partial charge in [-0.1, -0.05) is 53.5 Å². The second-order valence-corrected chi connectivity index (χ2v) is 9.46. The second-order valence-electron chi connectivity index (χ2n) is 8.28. The minimum absolute atomic E-state index is 0.00601. The smallest absolute Gasteiger partial charge is 0.269 e. The fraction of sp³-hybridized carbons (Fsp3) is 0.154. The van der Waals surface area contributed by atoms with Crippen molar-refractivity contribution in [1.29, 1.82) is 0 Å². The molecule has 0 bridgehead atoms. The topological polar surface area (TPSA) is 99.4 Å². The monoisotopic (exact) mass is 569 g/mol. The maximum atomic E-state index is 12.5. The zero-order valence-corrected chi connectivity index (χ0v) is 22.1. The van der Waals surface area contributed by atoms with Gasteiger partial charge in [0, 0.05) is 17.7 Å². The predicted molar refractivity (Wildman–Crippen MR) is 144 cm³/mol. The highest BCUT2D eigenvalue weighted by Crippen LogP contribution is 2.36. The van der Waals surface area contributed by atoms with E-state index in [4.69, 9.17) is 50.0 Å². The number of nitrogens with one attached hydrogen (secondary N) is 2. The van der Waals surface area contributed by atoms with E-state index in [-0.39, 0.29) is 30.2 Å². The number of aryl methyl sites for hydroxylation is 1. The fourth-order valence-corrected chi connectivity index (χ4v) is 4.48. The first-order valence-corrected chi connectivity index (χ1v) is 12.7. The van der Waals surface area contributed by atoms with Gasteiger partial charge in [0.1, 0.15) is 6.61 Å². The Morgan fingerprint density at radius 2 is 1.71 bits per heavy atom. The van der Waals surface area contributed by atoms with Crippen molar-refractivity contribution in [3.8, 4) is 17.2 Å². The van der Waals surface area contributed by atoms with Crippen molar-refractivity contribution in [3.05, 3.63) is 99.0 Å². The molecule has 12 heteroatoms. The number of aromatic nitrogens is 3. The number of amides is 2. The van der Waals surface area contributed by atoms with Crippen LogP contribution in [0.3, 0.4) is 0 Å². The summed E-state index contributed by atoms with van der Waals surface area (Å²) in [6.07, 6.45) is -0.515. The molecule has 0 spiro atoms. The van der Waals surface area contributed by atoms with Crippen LogP contribution in [0, 0.1) is 4.77 Å². The minimum Gasteiger partial charge on any atom is -0.485 e. The van der Waals surface area contributed by atoms with Gasteiger partial charge in [-0.2, -0.15) is 5.10 Å². The van der Waals surface area contributed by atoms with Crippen LogP contribution in [0.25, 0.3) is 5.69 Å². The van der Waals surface area contributed by atoms with Crippen LogP contribution in [0.5, 0.6) is 11.5 Å². The maximum absolute atomic E-state index is 12.5. The summed E-state index contributed by atoms with van der Waals surface area (Å²) in [6, 6.07) is 21.4. The number of hydrogen-bond acceptors (Lipinski definition) is 6. The number of hydrazine groups is 1. The highest BCUT2D eigenvalue weighted by atomic mass is 35.5. The number of halogens is 2. The molecule has 1 unspecified atom stereocenters. The third kappa shape index (κ3) is 5.52. The van der Waals surface area contributed by atoms with Crippen molar-refractivity contribution in [2.75, 3.05) is 6.61 Å². The van der Waals surface area contributed by atoms with Gasteiger partial charge < -0.3 is 9.47 Å². The standard InChI is InChI=1S/C26H21Cl2N5O4S/c27-18-11-10-16(14-19(18)28)25(35)30-29-23(34)12-13-32-26(38)33(17-6-2-1-3-7-17)24(31-32)22-15-36-20-8-4-5-9-21(20)37-22/h1-11,14,22H,12-13,15H2,(H,29,34)(H,30,35). The molecule has 2 heterocycles. The Morgan fingerprint density at radius 3 is 2.47 bits per heavy atom. The van der Waals surface area contributed by atoms with Gasteiger partial charge in [0.25, 0.3) is 5.91 Å². The Morgan fingerprint density at radius 1 is 0.974 bits per heavy atom. The summed E-state index contributed by atoms with van der Waals surface area (Å²) in [5.41, 5.74) is 5.81. The molecule has 194 valence electrons. The zero-order valence-electron chi connectivity index (χ0n) is 19.8. The lowest BCUT2D eigenvalue weighted by atomic mass is 10.2. The third-order valence-corrected chi connectivity index (χ3v) is 6.86. The van der Waals surface area contributed by atoms with Gasteiger partial charge in [-0.15, -0.1) is 0 Å². The molecule has 0 saturated carbocycles. The summed E-state index contributed by atoms with van der Waals surface area (Å²) >= 11 is 17.6. The first kappa shape index (κ1) is 25.8. The average Bonchev–Trinajstić information content (AvgIpc) is 3.28. The molecular formula is C26H21Cl2N5O4S. The van der Waals surface area contributed by atoms with Gasteiger partial charge in [0.05, 0.1) is 16.6 Å². The molecule has 9 nitrogen and oxygen atoms in total. The third-order valence-electron chi connectivity index (χ3n) is 5.72. The molecule has 5 rings (SSSR count). The first-order chi connectivity index (χ1) is 18.4. The van der Waals surface area contributed by atoms with Crippen LogP contribution in [0.4, 0.5) is 0 Å². The molecule has 0 fully saturated rings. The van der Waals surface area contributed by atoms with Crippen molar-refractivity contribution >= 4 is 47.2 Å². The Labute approximate surface area is 232 Å². The Hall–Kier alpha value is -3.86. The Bertz CT molecular complexity index is 1560. The Balaban J connectivity index is 1.30. The van der Waals surface area contributed by atoms with Crippen LogP contribution in [0.2, 0.25) is 10.0 Å². The van der Waals surface area contributed by atoms with Crippen molar-refractivity contribution in [2.45, 2.75) is 19.1 Å². The van der Waals surface area contributed by atoms with E-state index in [9.17, 15) is 9.59 Å². The van der Waals surface area contributed by atoms with Gasteiger partial charge in [-0.05, 0) is 54.7 Å². The highest BCUT2D eigenvalue weighted by molar-refractivity contribution is 7.71. The van der Waals surface area contributed by atoms with E-state index in [0.717, 1.165) is 5.69 Å². The lowest BCUT2D eigenvalue weighted by Gasteiger charge is -2.26. The Kier molecular flexibility index (Phi) is 7.64. The molecule has 2 N–H and O–H groups in total. The van der Waals surface area contributed by atoms with Crippen molar-refractivity contribution in [1.82, 2.24) is 25.2 Å². The van der Waals surface area contributed by atoms with Crippen molar-refractivity contribution in [2.24, 2.45) is 0 Å². The average molecular weight is 570 g/mol. The van der Waals surface area contributed by atoms with E-state index in [1.54, 1.807) is 9.25 Å². The quantitative estimate of drug-likeness (QED) is 0.248. The molecule has 38 heavy (non-hydrogen) atoms. The lowest BCUT2D eigenvalue weighted by Crippen LogP contribution is -2.41. The molecule has 2 amide bonds. The van der Waals surface area contributed by atoms with Gasteiger partial charge in [-0.3, -0.25) is 25.0 Å². The zero-order chi connectivity index (χ0) is 26.6. The number of carbonyl (C=O) groups is 2. The summed E-state index contributed by atoms with van der Waals surface area (Å²) < 4.78 is 15.8. The number of carbonyl (C=O) groups excluding carboxylic acids is 2. The summed E-state index contributed by atoms with van der Waals surface area (Å²) in [4.78, 5) is 24.8. The summed E-state index contributed by atoms with van der Waals surface area (Å²) in [5.74, 6) is 0.860.